The predicted molar refractivity (Wildman–Crippen MR) is 84.9 cm³/mol. The van der Waals surface area contributed by atoms with Crippen LogP contribution in [0.4, 0.5) is 0 Å². The van der Waals surface area contributed by atoms with Crippen LogP contribution in [0.15, 0.2) is 35.5 Å². The molecule has 0 aromatic carbocycles. The maximum atomic E-state index is 3.40. The maximum absolute atomic E-state index is 3.40. The van der Waals surface area contributed by atoms with Gasteiger partial charge in [-0.1, -0.05) is 25.7 Å². The Morgan fingerprint density at radius 3 is 1.26 bits per heavy atom. The van der Waals surface area contributed by atoms with Gasteiger partial charge in [-0.3, -0.25) is 12.2 Å². The van der Waals surface area contributed by atoms with Gasteiger partial charge in [-0.25, -0.2) is 23.3 Å². The van der Waals surface area contributed by atoms with Gasteiger partial charge in [0.15, 0.2) is 0 Å². The molecule has 0 unspecified atom stereocenters. The fraction of sp³-hybridized carbons (Fsp3) is 0.600. The predicted octanol–water partition coefficient (Wildman–Crippen LogP) is -0.262. The summed E-state index contributed by atoms with van der Waals surface area (Å²) in [6.45, 7) is 0. The van der Waals surface area contributed by atoms with Crippen molar-refractivity contribution in [2.75, 3.05) is 0 Å². The standard InChI is InChI=1S/2C10H13.2FH.Ti/c2*1-2-6-9(5-1)10-7-3-4-8-10;;;/h2*1,5,10H,2-4,7-8H2;2*1H;/q2*-1;;;+4/p-2. The van der Waals surface area contributed by atoms with Gasteiger partial charge in [0.1, 0.15) is 0 Å². The molecule has 0 spiro atoms. The molecule has 23 heavy (non-hydrogen) atoms. The minimum Gasteiger partial charge on any atom is -1.00 e. The molecule has 0 atom stereocenters. The first-order valence-corrected chi connectivity index (χ1v) is 8.48. The van der Waals surface area contributed by atoms with Crippen molar-refractivity contribution >= 4 is 0 Å². The van der Waals surface area contributed by atoms with E-state index in [0.29, 0.717) is 0 Å². The number of halogens is 2. The zero-order chi connectivity index (χ0) is 13.6. The molecule has 0 aromatic rings. The molecular formula is C20H26F2Ti. The van der Waals surface area contributed by atoms with E-state index in [1.807, 2.05) is 0 Å². The second-order valence-corrected chi connectivity index (χ2v) is 6.44. The van der Waals surface area contributed by atoms with Gasteiger partial charge in [-0.15, -0.1) is 12.8 Å². The van der Waals surface area contributed by atoms with Crippen molar-refractivity contribution in [1.29, 1.82) is 0 Å². The molecule has 124 valence electrons. The van der Waals surface area contributed by atoms with Gasteiger partial charge in [0, 0.05) is 0 Å². The molecular weight excluding hydrogens is 326 g/mol. The first kappa shape index (κ1) is 22.5. The van der Waals surface area contributed by atoms with E-state index in [-0.39, 0.29) is 31.1 Å². The van der Waals surface area contributed by atoms with E-state index in [4.69, 9.17) is 0 Å². The molecule has 4 aliphatic carbocycles. The molecule has 0 radical (unpaired) electrons. The van der Waals surface area contributed by atoms with E-state index in [1.54, 1.807) is 0 Å². The summed E-state index contributed by atoms with van der Waals surface area (Å²) in [6, 6.07) is 0. The van der Waals surface area contributed by atoms with Gasteiger partial charge >= 0.3 is 21.7 Å². The number of hydrogen-bond acceptors (Lipinski definition) is 0. The van der Waals surface area contributed by atoms with Crippen LogP contribution in [0.25, 0.3) is 0 Å². The van der Waals surface area contributed by atoms with Crippen molar-refractivity contribution in [1.82, 2.24) is 0 Å². The Balaban J connectivity index is 0.000000372. The van der Waals surface area contributed by atoms with Crippen LogP contribution in [0.3, 0.4) is 0 Å². The van der Waals surface area contributed by atoms with Crippen LogP contribution in [0.2, 0.25) is 0 Å². The molecule has 2 fully saturated rings. The van der Waals surface area contributed by atoms with Gasteiger partial charge in [0.2, 0.25) is 0 Å². The van der Waals surface area contributed by atoms with E-state index in [0.717, 1.165) is 24.7 Å². The molecule has 0 aliphatic heterocycles. The van der Waals surface area contributed by atoms with Gasteiger partial charge in [0.05, 0.1) is 0 Å². The van der Waals surface area contributed by atoms with Crippen LogP contribution >= 0.6 is 0 Å². The smallest absolute Gasteiger partial charge is 1.00 e. The number of rotatable bonds is 2. The molecule has 3 heteroatoms. The zero-order valence-corrected chi connectivity index (χ0v) is 15.4. The summed E-state index contributed by atoms with van der Waals surface area (Å²) in [5.74, 6) is 1.75. The Hall–Kier alpha value is -0.466. The second kappa shape index (κ2) is 12.0. The summed E-state index contributed by atoms with van der Waals surface area (Å²) in [4.78, 5) is 0. The Morgan fingerprint density at radius 1 is 0.652 bits per heavy atom. The summed E-state index contributed by atoms with van der Waals surface area (Å²) in [6.07, 6.45) is 29.3. The summed E-state index contributed by atoms with van der Waals surface area (Å²) in [5.41, 5.74) is 3.00. The maximum Gasteiger partial charge on any atom is 4.00 e. The van der Waals surface area contributed by atoms with Crippen molar-refractivity contribution in [3.05, 3.63) is 47.6 Å². The summed E-state index contributed by atoms with van der Waals surface area (Å²) < 4.78 is 0. The minimum atomic E-state index is 0. The molecule has 0 amide bonds. The van der Waals surface area contributed by atoms with Gasteiger partial charge in [-0.05, 0) is 37.5 Å². The number of allylic oxidation sites excluding steroid dienone is 8. The molecule has 0 nitrogen and oxygen atoms in total. The number of hydrogen-bond donors (Lipinski definition) is 0. The van der Waals surface area contributed by atoms with Crippen molar-refractivity contribution in [2.45, 2.75) is 64.2 Å². The fourth-order valence-electron chi connectivity index (χ4n) is 3.88. The van der Waals surface area contributed by atoms with Crippen molar-refractivity contribution in [2.24, 2.45) is 11.8 Å². The Labute approximate surface area is 154 Å². The van der Waals surface area contributed by atoms with Crippen molar-refractivity contribution in [3.63, 3.8) is 0 Å². The Bertz CT molecular complexity index is 395. The van der Waals surface area contributed by atoms with Crippen LogP contribution in [0, 0.1) is 24.0 Å². The minimum absolute atomic E-state index is 0. The zero-order valence-electron chi connectivity index (χ0n) is 13.8. The molecule has 4 rings (SSSR count). The first-order chi connectivity index (χ1) is 9.93. The molecule has 0 heterocycles. The summed E-state index contributed by atoms with van der Waals surface area (Å²) in [7, 11) is 0. The molecule has 4 aliphatic rings. The Morgan fingerprint density at radius 2 is 1.00 bits per heavy atom. The quantitative estimate of drug-likeness (QED) is 0.475. The van der Waals surface area contributed by atoms with Gasteiger partial charge in [0.25, 0.3) is 0 Å². The van der Waals surface area contributed by atoms with Crippen molar-refractivity contribution in [3.8, 4) is 0 Å². The third-order valence-corrected chi connectivity index (χ3v) is 5.03. The van der Waals surface area contributed by atoms with Gasteiger partial charge < -0.3 is 9.41 Å². The molecule has 0 bridgehead atoms. The van der Waals surface area contributed by atoms with E-state index in [2.05, 4.69) is 36.5 Å². The Kier molecular flexibility index (Phi) is 11.7. The molecule has 0 aromatic heterocycles. The van der Waals surface area contributed by atoms with Crippen molar-refractivity contribution < 1.29 is 31.1 Å². The van der Waals surface area contributed by atoms with E-state index >= 15 is 0 Å². The van der Waals surface area contributed by atoms with Crippen LogP contribution in [0.1, 0.15) is 64.2 Å². The van der Waals surface area contributed by atoms with Crippen LogP contribution in [-0.4, -0.2) is 0 Å². The van der Waals surface area contributed by atoms with E-state index in [1.165, 1.54) is 62.5 Å². The fourth-order valence-corrected chi connectivity index (χ4v) is 3.88. The van der Waals surface area contributed by atoms with Crippen LogP contribution < -0.4 is 9.41 Å². The molecule has 0 N–H and O–H groups in total. The molecule has 0 saturated heterocycles. The normalized spacial score (nSPS) is 22.4. The SMILES string of the molecule is [C-]1=C(C2CCCC2)C=CC1.[C-]1=C(C2CCCC2)C=CC1.[F-].[F-].[Ti+4]. The van der Waals surface area contributed by atoms with E-state index < -0.39 is 0 Å². The summed E-state index contributed by atoms with van der Waals surface area (Å²) in [5, 5.41) is 0. The van der Waals surface area contributed by atoms with Crippen LogP contribution in [-0.2, 0) is 21.7 Å². The first-order valence-electron chi connectivity index (χ1n) is 8.48. The summed E-state index contributed by atoms with van der Waals surface area (Å²) >= 11 is 0. The largest absolute Gasteiger partial charge is 4.00 e. The van der Waals surface area contributed by atoms with Gasteiger partial charge in [-0.2, -0.15) is 12.2 Å². The topological polar surface area (TPSA) is 0 Å². The monoisotopic (exact) mass is 352 g/mol. The van der Waals surface area contributed by atoms with E-state index in [9.17, 15) is 0 Å². The second-order valence-electron chi connectivity index (χ2n) is 6.44. The third-order valence-electron chi connectivity index (χ3n) is 5.03. The average Bonchev–Trinajstić information content (AvgIpc) is 3.29. The van der Waals surface area contributed by atoms with Crippen LogP contribution in [0.5, 0.6) is 0 Å². The third kappa shape index (κ3) is 6.51. The molecule has 2 saturated carbocycles. The average molecular weight is 352 g/mol.